The van der Waals surface area contributed by atoms with Crippen molar-refractivity contribution in [3.63, 3.8) is 0 Å². The number of esters is 1. The van der Waals surface area contributed by atoms with Crippen LogP contribution in [0, 0.1) is 0 Å². The summed E-state index contributed by atoms with van der Waals surface area (Å²) in [5.74, 6) is -0.400. The van der Waals surface area contributed by atoms with E-state index in [1.165, 1.54) is 5.23 Å². The molecule has 0 amide bonds. The van der Waals surface area contributed by atoms with Crippen LogP contribution >= 0.6 is 0 Å². The number of carbonyl (C=O) groups excluding carboxylic acids is 1. The molecule has 5 atom stereocenters. The number of aliphatic hydroxyl groups is 1. The molecule has 1 aromatic rings. The molecule has 0 aromatic heterocycles. The maximum Gasteiger partial charge on any atom is 0.334 e. The third-order valence-corrected chi connectivity index (χ3v) is 8.61. The molecule has 8 heteroatoms. The smallest absolute Gasteiger partial charge is 0.334 e. The quantitative estimate of drug-likeness (QED) is 0.641. The van der Waals surface area contributed by atoms with Crippen LogP contribution in [0.2, 0.25) is 18.6 Å². The van der Waals surface area contributed by atoms with Crippen molar-refractivity contribution >= 4 is 14.3 Å². The van der Waals surface area contributed by atoms with Gasteiger partial charge in [0.05, 0.1) is 13.2 Å². The summed E-state index contributed by atoms with van der Waals surface area (Å²) in [4.78, 5) is 24.5. The van der Waals surface area contributed by atoms with E-state index in [4.69, 9.17) is 18.8 Å². The highest BCUT2D eigenvalue weighted by Gasteiger charge is 2.79. The monoisotopic (exact) mass is 365 g/mol. The fraction of sp³-hybridized carbons (Fsp3) is 0.588. The largest absolute Gasteiger partial charge is 0.464 e. The molecule has 0 bridgehead atoms. The molecule has 3 aliphatic heterocycles. The number of aliphatic hydroxyl groups excluding tert-OH is 1. The lowest BCUT2D eigenvalue weighted by molar-refractivity contribution is -0.361. The highest BCUT2D eigenvalue weighted by atomic mass is 28.4. The number of ether oxygens (including phenoxy) is 1. The molecule has 1 N–H and O–H groups in total. The third-order valence-electron chi connectivity index (χ3n) is 5.47. The number of hydrogen-bond acceptors (Lipinski definition) is 7. The van der Waals surface area contributed by atoms with Gasteiger partial charge in [0.2, 0.25) is 5.54 Å². The summed E-state index contributed by atoms with van der Waals surface area (Å²) in [5.41, 5.74) is -0.539. The van der Waals surface area contributed by atoms with Crippen LogP contribution in [0.5, 0.6) is 0 Å². The van der Waals surface area contributed by atoms with Gasteiger partial charge < -0.3 is 14.3 Å². The lowest BCUT2D eigenvalue weighted by Gasteiger charge is -2.28. The van der Waals surface area contributed by atoms with Crippen molar-refractivity contribution in [1.82, 2.24) is 5.23 Å². The van der Waals surface area contributed by atoms with Crippen LogP contribution in [-0.2, 0) is 23.6 Å². The Labute approximate surface area is 147 Å². The summed E-state index contributed by atoms with van der Waals surface area (Å²) in [5, 5.41) is 12.1. The Hall–Kier alpha value is -1.29. The predicted molar refractivity (Wildman–Crippen MR) is 89.5 cm³/mol. The second-order valence-corrected chi connectivity index (χ2v) is 11.4. The summed E-state index contributed by atoms with van der Waals surface area (Å²) < 4.78 is 11.7. The maximum absolute atomic E-state index is 12.9. The van der Waals surface area contributed by atoms with Gasteiger partial charge in [0.25, 0.3) is 0 Å². The van der Waals surface area contributed by atoms with Crippen molar-refractivity contribution in [3.05, 3.63) is 35.9 Å². The SMILES string of the molecule is CCOC(=O)[C@]12[C@@H]3O[Si](C)(C)[C@H]1CON2O[C@@H]3[C@@H](O)c1ccccc1. The number of carbonyl (C=O) groups is 1. The lowest BCUT2D eigenvalue weighted by Crippen LogP contribution is -2.54. The van der Waals surface area contributed by atoms with Crippen molar-refractivity contribution in [1.29, 1.82) is 0 Å². The Bertz CT molecular complexity index is 670. The molecular formula is C17H23NO6Si. The highest BCUT2D eigenvalue weighted by Crippen LogP contribution is 2.59. The minimum Gasteiger partial charge on any atom is -0.464 e. The van der Waals surface area contributed by atoms with Crippen molar-refractivity contribution in [2.24, 2.45) is 0 Å². The van der Waals surface area contributed by atoms with E-state index in [-0.39, 0.29) is 12.1 Å². The molecule has 1 aromatic carbocycles. The van der Waals surface area contributed by atoms with E-state index >= 15 is 0 Å². The van der Waals surface area contributed by atoms with Gasteiger partial charge in [-0.15, -0.1) is 0 Å². The van der Waals surface area contributed by atoms with E-state index in [0.29, 0.717) is 12.2 Å². The van der Waals surface area contributed by atoms with Crippen molar-refractivity contribution < 1.29 is 28.7 Å². The molecule has 7 nitrogen and oxygen atoms in total. The van der Waals surface area contributed by atoms with Crippen molar-refractivity contribution in [2.75, 3.05) is 13.2 Å². The van der Waals surface area contributed by atoms with Crippen LogP contribution in [0.3, 0.4) is 0 Å². The molecule has 0 spiro atoms. The molecule has 0 unspecified atom stereocenters. The zero-order valence-electron chi connectivity index (χ0n) is 14.5. The van der Waals surface area contributed by atoms with Crippen LogP contribution < -0.4 is 0 Å². The van der Waals surface area contributed by atoms with Gasteiger partial charge in [0.1, 0.15) is 18.3 Å². The van der Waals surface area contributed by atoms with Gasteiger partial charge in [-0.05, 0) is 30.8 Å². The molecule has 3 aliphatic rings. The molecule has 3 heterocycles. The number of hydroxylamine groups is 2. The van der Waals surface area contributed by atoms with Crippen molar-refractivity contribution in [3.8, 4) is 0 Å². The Kier molecular flexibility index (Phi) is 4.02. The van der Waals surface area contributed by atoms with E-state index in [0.717, 1.165) is 0 Å². The molecule has 3 saturated heterocycles. The minimum atomic E-state index is -2.24. The molecule has 4 rings (SSSR count). The van der Waals surface area contributed by atoms with E-state index in [1.54, 1.807) is 6.92 Å². The number of benzene rings is 1. The second-order valence-electron chi connectivity index (χ2n) is 7.22. The molecule has 3 fully saturated rings. The predicted octanol–water partition coefficient (Wildman–Crippen LogP) is 1.56. The number of rotatable bonds is 4. The van der Waals surface area contributed by atoms with Gasteiger partial charge in [-0.3, -0.25) is 9.68 Å². The van der Waals surface area contributed by atoms with Gasteiger partial charge in [0, 0.05) is 5.54 Å². The summed E-state index contributed by atoms with van der Waals surface area (Å²) in [7, 11) is -2.24. The van der Waals surface area contributed by atoms with Crippen LogP contribution in [0.4, 0.5) is 0 Å². The molecule has 0 saturated carbocycles. The fourth-order valence-electron chi connectivity index (χ4n) is 4.28. The molecule has 25 heavy (non-hydrogen) atoms. The van der Waals surface area contributed by atoms with Crippen LogP contribution in [0.25, 0.3) is 0 Å². The Morgan fingerprint density at radius 3 is 2.84 bits per heavy atom. The normalized spacial score (nSPS) is 37.0. The second kappa shape index (κ2) is 5.87. The zero-order valence-corrected chi connectivity index (χ0v) is 15.5. The molecule has 0 aliphatic carbocycles. The standard InChI is InChI=1S/C17H23NO6Si/c1-4-21-16(20)17-12-10-22-18(17)23-14(15(17)24-25(12,2)3)13(19)11-8-6-5-7-9-11/h5-9,12-15,19H,4,10H2,1-3H3/t12-,13-,14+,15+,17+/m0/s1. The Balaban J connectivity index is 1.74. The maximum atomic E-state index is 12.9. The summed E-state index contributed by atoms with van der Waals surface area (Å²) in [6.07, 6.45) is -2.30. The topological polar surface area (TPSA) is 77.5 Å². The average Bonchev–Trinajstić information content (AvgIpc) is 3.19. The van der Waals surface area contributed by atoms with Crippen LogP contribution in [-0.4, -0.2) is 55.6 Å². The van der Waals surface area contributed by atoms with E-state index < -0.39 is 38.1 Å². The summed E-state index contributed by atoms with van der Waals surface area (Å²) in [6, 6.07) is 9.23. The third kappa shape index (κ3) is 2.26. The van der Waals surface area contributed by atoms with Gasteiger partial charge >= 0.3 is 5.97 Å². The summed E-state index contributed by atoms with van der Waals surface area (Å²) >= 11 is 0. The number of nitrogens with zero attached hydrogens (tertiary/aromatic N) is 1. The number of hydrogen-bond donors (Lipinski definition) is 1. The molecule has 136 valence electrons. The highest BCUT2D eigenvalue weighted by molar-refractivity contribution is 6.74. The molecular weight excluding hydrogens is 342 g/mol. The lowest BCUT2D eigenvalue weighted by atomic mass is 9.85. The Morgan fingerprint density at radius 2 is 2.16 bits per heavy atom. The van der Waals surface area contributed by atoms with Gasteiger partial charge in [0.15, 0.2) is 8.32 Å². The van der Waals surface area contributed by atoms with E-state index in [1.807, 2.05) is 30.3 Å². The molecule has 0 radical (unpaired) electrons. The first-order valence-corrected chi connectivity index (χ1v) is 11.6. The van der Waals surface area contributed by atoms with Gasteiger partial charge in [-0.25, -0.2) is 4.79 Å². The fourth-order valence-corrected chi connectivity index (χ4v) is 7.33. The van der Waals surface area contributed by atoms with Crippen LogP contribution in [0.1, 0.15) is 18.6 Å². The van der Waals surface area contributed by atoms with E-state index in [2.05, 4.69) is 13.1 Å². The van der Waals surface area contributed by atoms with Crippen LogP contribution in [0.15, 0.2) is 30.3 Å². The van der Waals surface area contributed by atoms with Gasteiger partial charge in [-0.2, -0.15) is 0 Å². The minimum absolute atomic E-state index is 0.114. The van der Waals surface area contributed by atoms with Gasteiger partial charge in [-0.1, -0.05) is 30.3 Å². The first-order valence-electron chi connectivity index (χ1n) is 8.61. The van der Waals surface area contributed by atoms with Crippen molar-refractivity contribution in [2.45, 2.75) is 49.4 Å². The first-order chi connectivity index (χ1) is 11.9. The first kappa shape index (κ1) is 17.1. The average molecular weight is 365 g/mol. The van der Waals surface area contributed by atoms with E-state index in [9.17, 15) is 9.90 Å². The Morgan fingerprint density at radius 1 is 1.44 bits per heavy atom. The summed E-state index contributed by atoms with van der Waals surface area (Å²) in [6.45, 7) is 6.53. The zero-order chi connectivity index (χ0) is 17.8.